The Balaban J connectivity index is 2.38. The van der Waals surface area contributed by atoms with E-state index in [0.29, 0.717) is 0 Å². The zero-order chi connectivity index (χ0) is 10.4. The van der Waals surface area contributed by atoms with Crippen LogP contribution in [0.2, 0.25) is 0 Å². The van der Waals surface area contributed by atoms with E-state index in [0.717, 1.165) is 23.9 Å². The quantitative estimate of drug-likeness (QED) is 0.721. The number of carbonyl (C=O) groups is 1. The third-order valence-corrected chi connectivity index (χ3v) is 4.01. The van der Waals surface area contributed by atoms with E-state index in [4.69, 9.17) is 0 Å². The van der Waals surface area contributed by atoms with Gasteiger partial charge in [-0.05, 0) is 25.5 Å². The zero-order valence-electron chi connectivity index (χ0n) is 8.46. The van der Waals surface area contributed by atoms with Crippen LogP contribution in [0.25, 0.3) is 10.1 Å². The molecule has 0 saturated carbocycles. The molecule has 3 heteroatoms. The molecule has 2 nitrogen and oxygen atoms in total. The Morgan fingerprint density at radius 1 is 1.40 bits per heavy atom. The highest BCUT2D eigenvalue weighted by Gasteiger charge is 2.21. The fraction of sp³-hybridized carbons (Fsp3) is 0.250. The minimum Gasteiger partial charge on any atom is -0.352 e. The van der Waals surface area contributed by atoms with Crippen molar-refractivity contribution in [3.8, 4) is 0 Å². The smallest absolute Gasteiger partial charge is 0.253 e. The molecule has 15 heavy (non-hydrogen) atoms. The number of nitrogens with one attached hydrogen (secondary N) is 1. The topological polar surface area (TPSA) is 29.1 Å². The van der Waals surface area contributed by atoms with Crippen molar-refractivity contribution in [2.45, 2.75) is 13.3 Å². The second-order valence-electron chi connectivity index (χ2n) is 3.91. The van der Waals surface area contributed by atoms with Gasteiger partial charge in [-0.15, -0.1) is 11.3 Å². The molecule has 0 spiro atoms. The van der Waals surface area contributed by atoms with E-state index >= 15 is 0 Å². The normalized spacial score (nSPS) is 15.1. The maximum absolute atomic E-state index is 11.8. The predicted octanol–water partition coefficient (Wildman–Crippen LogP) is 2.50. The molecule has 0 bridgehead atoms. The van der Waals surface area contributed by atoms with E-state index in [1.807, 2.05) is 0 Å². The van der Waals surface area contributed by atoms with Gasteiger partial charge in [-0.25, -0.2) is 0 Å². The summed E-state index contributed by atoms with van der Waals surface area (Å²) in [5.41, 5.74) is 2.12. The van der Waals surface area contributed by atoms with E-state index in [1.165, 1.54) is 15.1 Å². The van der Waals surface area contributed by atoms with Crippen LogP contribution in [0.15, 0.2) is 18.2 Å². The summed E-state index contributed by atoms with van der Waals surface area (Å²) in [4.78, 5) is 13.0. The number of aryl methyl sites for hydroxylation is 1. The lowest BCUT2D eigenvalue weighted by atomic mass is 10.0. The number of hydrogen-bond acceptors (Lipinski definition) is 2. The summed E-state index contributed by atoms with van der Waals surface area (Å²) >= 11 is 1.75. The van der Waals surface area contributed by atoms with Gasteiger partial charge in [0.05, 0.1) is 5.56 Å². The van der Waals surface area contributed by atoms with Gasteiger partial charge >= 0.3 is 0 Å². The van der Waals surface area contributed by atoms with Crippen molar-refractivity contribution in [3.05, 3.63) is 34.2 Å². The number of fused-ring (bicyclic) bond motifs is 3. The van der Waals surface area contributed by atoms with Gasteiger partial charge in [0.15, 0.2) is 0 Å². The molecular formula is C12H11NOS. The van der Waals surface area contributed by atoms with Gasteiger partial charge in [0.2, 0.25) is 0 Å². The molecular weight excluding hydrogens is 206 g/mol. The Bertz CT molecular complexity index is 556. The Morgan fingerprint density at radius 3 is 3.13 bits per heavy atom. The summed E-state index contributed by atoms with van der Waals surface area (Å²) < 4.78 is 1.22. The van der Waals surface area contributed by atoms with Crippen LogP contribution >= 0.6 is 11.3 Å². The number of amides is 1. The molecule has 1 amide bonds. The fourth-order valence-corrected chi connectivity index (χ4v) is 3.25. The molecule has 3 rings (SSSR count). The van der Waals surface area contributed by atoms with Crippen molar-refractivity contribution in [2.24, 2.45) is 0 Å². The summed E-state index contributed by atoms with van der Waals surface area (Å²) in [6, 6.07) is 6.32. The molecule has 1 aromatic heterocycles. The Morgan fingerprint density at radius 2 is 2.27 bits per heavy atom. The summed E-state index contributed by atoms with van der Waals surface area (Å²) in [6.45, 7) is 2.84. The third-order valence-electron chi connectivity index (χ3n) is 2.78. The van der Waals surface area contributed by atoms with Crippen LogP contribution < -0.4 is 5.32 Å². The van der Waals surface area contributed by atoms with E-state index in [-0.39, 0.29) is 5.91 Å². The molecule has 2 aromatic rings. The molecule has 1 N–H and O–H groups in total. The molecule has 1 aromatic carbocycles. The lowest BCUT2D eigenvalue weighted by Gasteiger charge is -2.11. The monoisotopic (exact) mass is 217 g/mol. The number of hydrogen-bond donors (Lipinski definition) is 1. The Hall–Kier alpha value is -1.35. The maximum atomic E-state index is 11.8. The van der Waals surface area contributed by atoms with E-state index < -0.39 is 0 Å². The third kappa shape index (κ3) is 1.27. The molecule has 0 radical (unpaired) electrons. The van der Waals surface area contributed by atoms with Crippen molar-refractivity contribution in [3.63, 3.8) is 0 Å². The lowest BCUT2D eigenvalue weighted by molar-refractivity contribution is 0.0949. The van der Waals surface area contributed by atoms with Gasteiger partial charge in [-0.1, -0.05) is 11.6 Å². The zero-order valence-corrected chi connectivity index (χ0v) is 9.28. The van der Waals surface area contributed by atoms with Gasteiger partial charge in [0, 0.05) is 21.5 Å². The second-order valence-corrected chi connectivity index (χ2v) is 5.04. The molecule has 0 saturated heterocycles. The van der Waals surface area contributed by atoms with E-state index in [9.17, 15) is 4.79 Å². The van der Waals surface area contributed by atoms with Crippen molar-refractivity contribution < 1.29 is 4.79 Å². The molecule has 0 atom stereocenters. The highest BCUT2D eigenvalue weighted by atomic mass is 32.1. The first-order valence-corrected chi connectivity index (χ1v) is 5.87. The highest BCUT2D eigenvalue weighted by molar-refractivity contribution is 7.19. The van der Waals surface area contributed by atoms with Gasteiger partial charge in [0.1, 0.15) is 0 Å². The van der Waals surface area contributed by atoms with Crippen molar-refractivity contribution in [1.29, 1.82) is 0 Å². The van der Waals surface area contributed by atoms with Crippen LogP contribution in [-0.4, -0.2) is 12.5 Å². The first-order chi connectivity index (χ1) is 7.25. The highest BCUT2D eigenvalue weighted by Crippen LogP contribution is 2.33. The van der Waals surface area contributed by atoms with Gasteiger partial charge in [0.25, 0.3) is 5.91 Å². The predicted molar refractivity (Wildman–Crippen MR) is 62.6 cm³/mol. The van der Waals surface area contributed by atoms with Crippen LogP contribution in [0.4, 0.5) is 0 Å². The van der Waals surface area contributed by atoms with E-state index in [1.54, 1.807) is 11.3 Å². The van der Waals surface area contributed by atoms with Crippen LogP contribution in [0.1, 0.15) is 20.8 Å². The fourth-order valence-electron chi connectivity index (χ4n) is 2.07. The van der Waals surface area contributed by atoms with Gasteiger partial charge in [-0.3, -0.25) is 4.79 Å². The Kier molecular flexibility index (Phi) is 1.83. The average molecular weight is 217 g/mol. The van der Waals surface area contributed by atoms with Crippen LogP contribution in [0, 0.1) is 6.92 Å². The molecule has 0 fully saturated rings. The number of thiophene rings is 1. The van der Waals surface area contributed by atoms with Crippen molar-refractivity contribution in [1.82, 2.24) is 5.32 Å². The molecule has 1 aliphatic heterocycles. The Labute approximate surface area is 91.9 Å². The second kappa shape index (κ2) is 3.07. The number of carbonyl (C=O) groups excluding carboxylic acids is 1. The SMILES string of the molecule is Cc1ccc2sc3c(c2c1)C(=O)NCC3. The molecule has 76 valence electrons. The standard InChI is InChI=1S/C12H11NOS/c1-7-2-3-9-8(6-7)11-10(15-9)4-5-13-12(11)14/h2-3,6H,4-5H2,1H3,(H,13,14). The molecule has 0 unspecified atom stereocenters. The number of rotatable bonds is 0. The first-order valence-electron chi connectivity index (χ1n) is 5.06. The largest absolute Gasteiger partial charge is 0.352 e. The molecule has 1 aliphatic rings. The number of benzene rings is 1. The average Bonchev–Trinajstić information content (AvgIpc) is 2.57. The van der Waals surface area contributed by atoms with Crippen molar-refractivity contribution in [2.75, 3.05) is 6.54 Å². The molecule has 2 heterocycles. The summed E-state index contributed by atoms with van der Waals surface area (Å²) in [5.74, 6) is 0.0908. The van der Waals surface area contributed by atoms with Crippen LogP contribution in [-0.2, 0) is 6.42 Å². The van der Waals surface area contributed by atoms with Crippen LogP contribution in [0.5, 0.6) is 0 Å². The first kappa shape index (κ1) is 8.92. The minimum absolute atomic E-state index is 0.0908. The molecule has 0 aliphatic carbocycles. The van der Waals surface area contributed by atoms with Crippen molar-refractivity contribution >= 4 is 27.3 Å². The van der Waals surface area contributed by atoms with Gasteiger partial charge < -0.3 is 5.32 Å². The van der Waals surface area contributed by atoms with Crippen LogP contribution in [0.3, 0.4) is 0 Å². The van der Waals surface area contributed by atoms with E-state index in [2.05, 4.69) is 30.4 Å². The maximum Gasteiger partial charge on any atom is 0.253 e. The lowest BCUT2D eigenvalue weighted by Crippen LogP contribution is -2.30. The summed E-state index contributed by atoms with van der Waals surface area (Å²) in [5, 5.41) is 4.02. The summed E-state index contributed by atoms with van der Waals surface area (Å²) in [7, 11) is 0. The minimum atomic E-state index is 0.0908. The summed E-state index contributed by atoms with van der Waals surface area (Å²) in [6.07, 6.45) is 0.972. The van der Waals surface area contributed by atoms with Gasteiger partial charge in [-0.2, -0.15) is 0 Å².